The lowest BCUT2D eigenvalue weighted by atomic mass is 10.1. The van der Waals surface area contributed by atoms with E-state index in [1.54, 1.807) is 12.1 Å². The maximum Gasteiger partial charge on any atom is 0.292 e. The summed E-state index contributed by atoms with van der Waals surface area (Å²) in [4.78, 5) is 13.3. The molecule has 184 valence electrons. The first kappa shape index (κ1) is 25.2. The third kappa shape index (κ3) is 5.54. The molecule has 4 rings (SSSR count). The van der Waals surface area contributed by atoms with E-state index < -0.39 is 14.9 Å². The fraction of sp³-hybridized carbons (Fsp3) is 0.250. The van der Waals surface area contributed by atoms with Gasteiger partial charge in [-0.3, -0.25) is 10.1 Å². The summed E-state index contributed by atoms with van der Waals surface area (Å²) in [6, 6.07) is 18.7. The molecule has 0 saturated carbocycles. The third-order valence-electron chi connectivity index (χ3n) is 5.98. The van der Waals surface area contributed by atoms with Crippen LogP contribution in [0.25, 0.3) is 0 Å². The van der Waals surface area contributed by atoms with Gasteiger partial charge in [-0.25, -0.2) is 8.42 Å². The average Bonchev–Trinajstić information content (AvgIpc) is 2.86. The van der Waals surface area contributed by atoms with E-state index in [-0.39, 0.29) is 34.7 Å². The van der Waals surface area contributed by atoms with Crippen molar-refractivity contribution in [3.8, 4) is 0 Å². The standard InChI is InChI=1S/C24H24Cl2N4O4S/c1-17(18-5-3-2-4-6-18)27-23-15-19(7-10-24(23)30(31)32)28-11-13-29(14-12-28)35(33,34)20-8-9-21(25)22(26)16-20/h2-10,15-17,27H,11-14H2,1H3/t17-/m0/s1. The van der Waals surface area contributed by atoms with Crippen LogP contribution in [0.1, 0.15) is 18.5 Å². The fourth-order valence-corrected chi connectivity index (χ4v) is 5.84. The van der Waals surface area contributed by atoms with E-state index in [9.17, 15) is 18.5 Å². The summed E-state index contributed by atoms with van der Waals surface area (Å²) < 4.78 is 27.5. The number of nitro benzene ring substituents is 1. The lowest BCUT2D eigenvalue weighted by molar-refractivity contribution is -0.384. The maximum absolute atomic E-state index is 13.0. The Balaban J connectivity index is 1.51. The second-order valence-corrected chi connectivity index (χ2v) is 11.0. The van der Waals surface area contributed by atoms with Crippen LogP contribution in [0.4, 0.5) is 17.1 Å². The molecule has 0 bridgehead atoms. The van der Waals surface area contributed by atoms with Gasteiger partial charge in [0.25, 0.3) is 5.69 Å². The number of benzene rings is 3. The molecule has 0 spiro atoms. The molecule has 1 N–H and O–H groups in total. The third-order valence-corrected chi connectivity index (χ3v) is 8.61. The summed E-state index contributed by atoms with van der Waals surface area (Å²) >= 11 is 11.9. The van der Waals surface area contributed by atoms with Crippen molar-refractivity contribution in [2.75, 3.05) is 36.4 Å². The van der Waals surface area contributed by atoms with Crippen LogP contribution in [0.5, 0.6) is 0 Å². The quantitative estimate of drug-likeness (QED) is 0.313. The summed E-state index contributed by atoms with van der Waals surface area (Å²) in [7, 11) is -3.72. The van der Waals surface area contributed by atoms with Crippen molar-refractivity contribution < 1.29 is 13.3 Å². The van der Waals surface area contributed by atoms with Gasteiger partial charge in [-0.1, -0.05) is 53.5 Å². The SMILES string of the molecule is C[C@H](Nc1cc(N2CCN(S(=O)(=O)c3ccc(Cl)c(Cl)c3)CC2)ccc1[N+](=O)[O-])c1ccccc1. The highest BCUT2D eigenvalue weighted by Crippen LogP contribution is 2.33. The van der Waals surface area contributed by atoms with Crippen LogP contribution in [0.3, 0.4) is 0 Å². The summed E-state index contributed by atoms with van der Waals surface area (Å²) in [5, 5.41) is 15.3. The van der Waals surface area contributed by atoms with Gasteiger partial charge in [0.05, 0.1) is 19.9 Å². The molecule has 1 atom stereocenters. The summed E-state index contributed by atoms with van der Waals surface area (Å²) in [5.41, 5.74) is 2.19. The van der Waals surface area contributed by atoms with Gasteiger partial charge >= 0.3 is 0 Å². The van der Waals surface area contributed by atoms with Gasteiger partial charge < -0.3 is 10.2 Å². The minimum absolute atomic E-state index is 0.0163. The van der Waals surface area contributed by atoms with Crippen molar-refractivity contribution in [1.82, 2.24) is 4.31 Å². The predicted octanol–water partition coefficient (Wildman–Crippen LogP) is 5.59. The Bertz CT molecular complexity index is 1330. The van der Waals surface area contributed by atoms with Crippen molar-refractivity contribution in [1.29, 1.82) is 0 Å². The molecule has 0 unspecified atom stereocenters. The number of nitro groups is 1. The Morgan fingerprint density at radius 2 is 1.63 bits per heavy atom. The first-order valence-corrected chi connectivity index (χ1v) is 13.2. The second kappa shape index (κ2) is 10.4. The molecule has 8 nitrogen and oxygen atoms in total. The first-order chi connectivity index (χ1) is 16.7. The van der Waals surface area contributed by atoms with Gasteiger partial charge in [0.15, 0.2) is 0 Å². The Hall–Kier alpha value is -2.85. The molecule has 1 saturated heterocycles. The van der Waals surface area contributed by atoms with Crippen LogP contribution in [0, 0.1) is 10.1 Å². The highest BCUT2D eigenvalue weighted by atomic mass is 35.5. The highest BCUT2D eigenvalue weighted by Gasteiger charge is 2.29. The van der Waals surface area contributed by atoms with Crippen LogP contribution < -0.4 is 10.2 Å². The van der Waals surface area contributed by atoms with Crippen LogP contribution in [-0.4, -0.2) is 43.8 Å². The molecule has 3 aromatic rings. The zero-order valence-corrected chi connectivity index (χ0v) is 21.2. The number of anilines is 2. The van der Waals surface area contributed by atoms with Crippen LogP contribution in [0.2, 0.25) is 10.0 Å². The fourth-order valence-electron chi connectivity index (χ4n) is 4.03. The van der Waals surface area contributed by atoms with Crippen molar-refractivity contribution in [2.45, 2.75) is 17.9 Å². The normalized spacial score (nSPS) is 15.6. The van der Waals surface area contributed by atoms with Crippen molar-refractivity contribution in [3.05, 3.63) is 92.5 Å². The van der Waals surface area contributed by atoms with Crippen molar-refractivity contribution in [3.63, 3.8) is 0 Å². The van der Waals surface area contributed by atoms with E-state index in [0.717, 1.165) is 11.3 Å². The molecule has 1 aliphatic heterocycles. The molecule has 0 amide bonds. The Morgan fingerprint density at radius 1 is 0.943 bits per heavy atom. The topological polar surface area (TPSA) is 95.8 Å². The molecule has 0 radical (unpaired) electrons. The molecule has 1 fully saturated rings. The average molecular weight is 535 g/mol. The van der Waals surface area contributed by atoms with Crippen molar-refractivity contribution >= 4 is 50.3 Å². The van der Waals surface area contributed by atoms with E-state index >= 15 is 0 Å². The monoisotopic (exact) mass is 534 g/mol. The van der Waals surface area contributed by atoms with Crippen LogP contribution in [-0.2, 0) is 10.0 Å². The number of hydrogen-bond acceptors (Lipinski definition) is 6. The van der Waals surface area contributed by atoms with E-state index in [4.69, 9.17) is 23.2 Å². The Kier molecular flexibility index (Phi) is 7.51. The van der Waals surface area contributed by atoms with E-state index in [2.05, 4.69) is 5.32 Å². The number of hydrogen-bond donors (Lipinski definition) is 1. The number of rotatable bonds is 7. The predicted molar refractivity (Wildman–Crippen MR) is 139 cm³/mol. The molecule has 0 aromatic heterocycles. The number of nitrogens with one attached hydrogen (secondary N) is 1. The van der Waals surface area contributed by atoms with Crippen molar-refractivity contribution in [2.24, 2.45) is 0 Å². The summed E-state index contributed by atoms with van der Waals surface area (Å²) in [5.74, 6) is 0. The van der Waals surface area contributed by atoms with Gasteiger partial charge in [-0.05, 0) is 42.8 Å². The number of nitrogens with zero attached hydrogens (tertiary/aromatic N) is 3. The smallest absolute Gasteiger partial charge is 0.292 e. The van der Waals surface area contributed by atoms with Crippen LogP contribution in [0.15, 0.2) is 71.6 Å². The number of piperazine rings is 1. The zero-order valence-electron chi connectivity index (χ0n) is 18.9. The zero-order chi connectivity index (χ0) is 25.2. The lowest BCUT2D eigenvalue weighted by Gasteiger charge is -2.35. The Labute approximate surface area is 214 Å². The number of sulfonamides is 1. The molecule has 35 heavy (non-hydrogen) atoms. The molecular weight excluding hydrogens is 511 g/mol. The summed E-state index contributed by atoms with van der Waals surface area (Å²) in [6.45, 7) is 3.35. The first-order valence-electron chi connectivity index (χ1n) is 11.0. The van der Waals surface area contributed by atoms with Crippen LogP contribution >= 0.6 is 23.2 Å². The largest absolute Gasteiger partial charge is 0.373 e. The van der Waals surface area contributed by atoms with Gasteiger partial charge in [0.1, 0.15) is 5.69 Å². The van der Waals surface area contributed by atoms with Gasteiger partial charge in [0, 0.05) is 44.0 Å². The molecule has 3 aromatic carbocycles. The molecule has 1 heterocycles. The molecular formula is C24H24Cl2N4O4S. The van der Waals surface area contributed by atoms with Gasteiger partial charge in [-0.2, -0.15) is 4.31 Å². The highest BCUT2D eigenvalue weighted by molar-refractivity contribution is 7.89. The van der Waals surface area contributed by atoms with Gasteiger partial charge in [0.2, 0.25) is 10.0 Å². The molecule has 11 heteroatoms. The lowest BCUT2D eigenvalue weighted by Crippen LogP contribution is -2.48. The van der Waals surface area contributed by atoms with Gasteiger partial charge in [-0.15, -0.1) is 0 Å². The molecule has 1 aliphatic rings. The second-order valence-electron chi connectivity index (χ2n) is 8.20. The molecule has 0 aliphatic carbocycles. The number of halogens is 2. The maximum atomic E-state index is 13.0. The summed E-state index contributed by atoms with van der Waals surface area (Å²) in [6.07, 6.45) is 0. The van der Waals surface area contributed by atoms with E-state index in [1.807, 2.05) is 42.2 Å². The van der Waals surface area contributed by atoms with E-state index in [0.29, 0.717) is 23.8 Å². The van der Waals surface area contributed by atoms with E-state index in [1.165, 1.54) is 28.6 Å². The minimum Gasteiger partial charge on any atom is -0.373 e. The Morgan fingerprint density at radius 3 is 2.26 bits per heavy atom. The minimum atomic E-state index is -3.72.